The molecule has 1 N–H and O–H groups in total. The van der Waals surface area contributed by atoms with Gasteiger partial charge in [-0.2, -0.15) is 0 Å². The van der Waals surface area contributed by atoms with E-state index in [1.807, 2.05) is 29.6 Å². The number of carbonyl (C=O) groups is 1. The summed E-state index contributed by atoms with van der Waals surface area (Å²) >= 11 is 0. The van der Waals surface area contributed by atoms with Gasteiger partial charge in [0, 0.05) is 55.8 Å². The van der Waals surface area contributed by atoms with E-state index in [2.05, 4.69) is 9.97 Å². The Labute approximate surface area is 135 Å². The van der Waals surface area contributed by atoms with Gasteiger partial charge in [0.2, 0.25) is 5.56 Å². The van der Waals surface area contributed by atoms with Gasteiger partial charge in [-0.3, -0.25) is 9.59 Å². The topological polar surface area (TPSA) is 71.0 Å². The molecule has 122 valence electrons. The van der Waals surface area contributed by atoms with E-state index in [0.29, 0.717) is 18.5 Å². The van der Waals surface area contributed by atoms with Crippen LogP contribution in [0.1, 0.15) is 47.6 Å². The number of pyridine rings is 1. The highest BCUT2D eigenvalue weighted by Gasteiger charge is 2.27. The third-order valence-corrected chi connectivity index (χ3v) is 4.46. The first-order valence-corrected chi connectivity index (χ1v) is 8.08. The number of aromatic amines is 1. The summed E-state index contributed by atoms with van der Waals surface area (Å²) in [5, 5.41) is 0. The number of nitrogens with zero attached hydrogens (tertiary/aromatic N) is 3. The largest absolute Gasteiger partial charge is 0.338 e. The minimum atomic E-state index is -0.217. The number of imidazole rings is 1. The van der Waals surface area contributed by atoms with Gasteiger partial charge in [0.15, 0.2) is 0 Å². The van der Waals surface area contributed by atoms with E-state index in [4.69, 9.17) is 0 Å². The van der Waals surface area contributed by atoms with Gasteiger partial charge in [-0.15, -0.1) is 0 Å². The number of likely N-dealkylation sites (tertiary alicyclic amines) is 1. The van der Waals surface area contributed by atoms with Crippen LogP contribution in [0.4, 0.5) is 0 Å². The molecule has 1 aliphatic heterocycles. The van der Waals surface area contributed by atoms with Gasteiger partial charge in [-0.1, -0.05) is 6.92 Å². The minimum Gasteiger partial charge on any atom is -0.338 e. The van der Waals surface area contributed by atoms with Gasteiger partial charge in [0.05, 0.1) is 0 Å². The summed E-state index contributed by atoms with van der Waals surface area (Å²) in [5.74, 6) is 1.20. The van der Waals surface area contributed by atoms with Gasteiger partial charge in [0.1, 0.15) is 5.82 Å². The van der Waals surface area contributed by atoms with Crippen molar-refractivity contribution in [3.63, 3.8) is 0 Å². The Kier molecular flexibility index (Phi) is 4.32. The van der Waals surface area contributed by atoms with E-state index < -0.39 is 0 Å². The standard InChI is InChI=1S/C17H22N4O2/c1-3-14-9-13(10-15(22)19-14)17(23)21-7-4-5-12(11-21)16-18-6-8-20(16)2/h6,8-10,12H,3-5,7,11H2,1-2H3,(H,19,22). The lowest BCUT2D eigenvalue weighted by Gasteiger charge is -2.32. The second kappa shape index (κ2) is 6.40. The summed E-state index contributed by atoms with van der Waals surface area (Å²) in [6, 6.07) is 3.18. The van der Waals surface area contributed by atoms with Crippen LogP contribution in [0, 0.1) is 0 Å². The summed E-state index contributed by atoms with van der Waals surface area (Å²) in [7, 11) is 1.98. The summed E-state index contributed by atoms with van der Waals surface area (Å²) in [6.45, 7) is 3.34. The zero-order chi connectivity index (χ0) is 16.4. The number of hydrogen-bond donors (Lipinski definition) is 1. The Balaban J connectivity index is 1.81. The zero-order valence-electron chi connectivity index (χ0n) is 13.6. The molecule has 1 atom stereocenters. The number of rotatable bonds is 3. The molecule has 3 heterocycles. The summed E-state index contributed by atoms with van der Waals surface area (Å²) in [6.07, 6.45) is 6.41. The summed E-state index contributed by atoms with van der Waals surface area (Å²) in [5.41, 5.74) is 1.05. The number of amides is 1. The molecule has 23 heavy (non-hydrogen) atoms. The van der Waals surface area contributed by atoms with Crippen LogP contribution in [0.5, 0.6) is 0 Å². The molecule has 6 heteroatoms. The van der Waals surface area contributed by atoms with Gasteiger partial charge in [-0.25, -0.2) is 4.98 Å². The van der Waals surface area contributed by atoms with Gasteiger partial charge in [-0.05, 0) is 25.3 Å². The molecule has 1 unspecified atom stereocenters. The number of nitrogens with one attached hydrogen (secondary N) is 1. The Morgan fingerprint density at radius 1 is 1.43 bits per heavy atom. The molecule has 3 rings (SSSR count). The quantitative estimate of drug-likeness (QED) is 0.937. The maximum absolute atomic E-state index is 12.8. The number of hydrogen-bond acceptors (Lipinski definition) is 3. The minimum absolute atomic E-state index is 0.0651. The van der Waals surface area contributed by atoms with Crippen molar-refractivity contribution < 1.29 is 4.79 Å². The number of aryl methyl sites for hydroxylation is 2. The molecule has 0 bridgehead atoms. The normalized spacial score (nSPS) is 18.2. The Bertz CT molecular complexity index is 762. The molecular formula is C17H22N4O2. The molecular weight excluding hydrogens is 292 g/mol. The van der Waals surface area contributed by atoms with Crippen molar-refractivity contribution in [3.8, 4) is 0 Å². The molecule has 1 aliphatic rings. The molecule has 6 nitrogen and oxygen atoms in total. The van der Waals surface area contributed by atoms with E-state index in [9.17, 15) is 9.59 Å². The van der Waals surface area contributed by atoms with Crippen LogP contribution in [-0.4, -0.2) is 38.4 Å². The lowest BCUT2D eigenvalue weighted by molar-refractivity contribution is 0.0703. The fourth-order valence-corrected chi connectivity index (χ4v) is 3.24. The number of carbonyl (C=O) groups excluding carboxylic acids is 1. The smallest absolute Gasteiger partial charge is 0.254 e. The third-order valence-electron chi connectivity index (χ3n) is 4.46. The van der Waals surface area contributed by atoms with Crippen LogP contribution in [0.25, 0.3) is 0 Å². The van der Waals surface area contributed by atoms with Crippen molar-refractivity contribution in [1.29, 1.82) is 0 Å². The van der Waals surface area contributed by atoms with Crippen LogP contribution in [0.2, 0.25) is 0 Å². The highest BCUT2D eigenvalue weighted by atomic mass is 16.2. The van der Waals surface area contributed by atoms with Crippen molar-refractivity contribution in [2.45, 2.75) is 32.1 Å². The second-order valence-corrected chi connectivity index (χ2v) is 6.10. The second-order valence-electron chi connectivity index (χ2n) is 6.10. The molecule has 0 saturated carbocycles. The SMILES string of the molecule is CCc1cc(C(=O)N2CCCC(c3nccn3C)C2)cc(=O)[nH]1. The summed E-state index contributed by atoms with van der Waals surface area (Å²) in [4.78, 5) is 33.5. The fraction of sp³-hybridized carbons (Fsp3) is 0.471. The summed E-state index contributed by atoms with van der Waals surface area (Å²) < 4.78 is 2.01. The third kappa shape index (κ3) is 3.21. The average molecular weight is 314 g/mol. The van der Waals surface area contributed by atoms with Crippen molar-refractivity contribution in [2.75, 3.05) is 13.1 Å². The van der Waals surface area contributed by atoms with Crippen molar-refractivity contribution >= 4 is 5.91 Å². The van der Waals surface area contributed by atoms with Gasteiger partial charge < -0.3 is 14.5 Å². The maximum Gasteiger partial charge on any atom is 0.254 e. The average Bonchev–Trinajstić information content (AvgIpc) is 2.99. The van der Waals surface area contributed by atoms with Crippen LogP contribution >= 0.6 is 0 Å². The van der Waals surface area contributed by atoms with Crippen LogP contribution in [0.15, 0.2) is 29.3 Å². The molecule has 1 amide bonds. The Morgan fingerprint density at radius 2 is 2.26 bits per heavy atom. The zero-order valence-corrected chi connectivity index (χ0v) is 13.6. The lowest BCUT2D eigenvalue weighted by atomic mass is 9.96. The van der Waals surface area contributed by atoms with Crippen LogP contribution in [0.3, 0.4) is 0 Å². The number of H-pyrrole nitrogens is 1. The first kappa shape index (κ1) is 15.5. The number of piperidine rings is 1. The van der Waals surface area contributed by atoms with Gasteiger partial charge in [0.25, 0.3) is 5.91 Å². The molecule has 1 saturated heterocycles. The molecule has 0 aliphatic carbocycles. The monoisotopic (exact) mass is 314 g/mol. The highest BCUT2D eigenvalue weighted by Crippen LogP contribution is 2.26. The fourth-order valence-electron chi connectivity index (χ4n) is 3.24. The first-order chi connectivity index (χ1) is 11.1. The molecule has 0 aromatic carbocycles. The van der Waals surface area contributed by atoms with Crippen molar-refractivity contribution in [3.05, 3.63) is 52.0 Å². The Morgan fingerprint density at radius 3 is 2.96 bits per heavy atom. The first-order valence-electron chi connectivity index (χ1n) is 8.08. The van der Waals surface area contributed by atoms with E-state index >= 15 is 0 Å². The highest BCUT2D eigenvalue weighted by molar-refractivity contribution is 5.94. The van der Waals surface area contributed by atoms with Crippen molar-refractivity contribution in [2.24, 2.45) is 7.05 Å². The maximum atomic E-state index is 12.8. The molecule has 1 fully saturated rings. The molecule has 2 aromatic rings. The number of aromatic nitrogens is 3. The predicted octanol–water partition coefficient (Wildman–Crippen LogP) is 1.69. The molecule has 0 radical (unpaired) electrons. The van der Waals surface area contributed by atoms with E-state index in [-0.39, 0.29) is 17.4 Å². The molecule has 0 spiro atoms. The lowest BCUT2D eigenvalue weighted by Crippen LogP contribution is -2.40. The Hall–Kier alpha value is -2.37. The predicted molar refractivity (Wildman–Crippen MR) is 87.5 cm³/mol. The van der Waals surface area contributed by atoms with E-state index in [0.717, 1.165) is 30.9 Å². The van der Waals surface area contributed by atoms with Crippen LogP contribution in [-0.2, 0) is 13.5 Å². The van der Waals surface area contributed by atoms with E-state index in [1.165, 1.54) is 6.07 Å². The van der Waals surface area contributed by atoms with Crippen molar-refractivity contribution in [1.82, 2.24) is 19.4 Å². The molecule has 2 aromatic heterocycles. The van der Waals surface area contributed by atoms with Crippen LogP contribution < -0.4 is 5.56 Å². The van der Waals surface area contributed by atoms with Gasteiger partial charge >= 0.3 is 0 Å². The van der Waals surface area contributed by atoms with E-state index in [1.54, 1.807) is 12.3 Å².